The number of nitrogens with zero attached hydrogens (tertiary/aromatic N) is 2. The van der Waals surface area contributed by atoms with E-state index in [9.17, 15) is 18.5 Å². The molecule has 3 rings (SSSR count). The highest BCUT2D eigenvalue weighted by molar-refractivity contribution is 7.92. The number of thiophene rings is 1. The number of nitro groups is 1. The summed E-state index contributed by atoms with van der Waals surface area (Å²) in [4.78, 5) is 11.3. The summed E-state index contributed by atoms with van der Waals surface area (Å²) in [7, 11) is -4.04. The van der Waals surface area contributed by atoms with E-state index in [0.717, 1.165) is 10.9 Å². The van der Waals surface area contributed by atoms with Crippen molar-refractivity contribution in [3.63, 3.8) is 0 Å². The first kappa shape index (κ1) is 19.8. The maximum absolute atomic E-state index is 12.5. The number of anilines is 2. The highest BCUT2D eigenvalue weighted by Crippen LogP contribution is 2.29. The topological polar surface area (TPSA) is 114 Å². The molecule has 0 fully saturated rings. The van der Waals surface area contributed by atoms with Crippen LogP contribution < -0.4 is 10.1 Å². The van der Waals surface area contributed by atoms with Gasteiger partial charge in [-0.3, -0.25) is 20.3 Å². The second-order valence-electron chi connectivity index (χ2n) is 5.44. The minimum atomic E-state index is -4.04. The van der Waals surface area contributed by atoms with Crippen molar-refractivity contribution in [3.8, 4) is 0 Å². The molecule has 2 aromatic carbocycles. The molecule has 11 heteroatoms. The lowest BCUT2D eigenvalue weighted by Crippen LogP contribution is -2.13. The molecule has 1 aromatic heterocycles. The maximum atomic E-state index is 12.5. The van der Waals surface area contributed by atoms with Gasteiger partial charge in [-0.2, -0.15) is 5.10 Å². The fourth-order valence-electron chi connectivity index (χ4n) is 2.22. The molecule has 28 heavy (non-hydrogen) atoms. The van der Waals surface area contributed by atoms with Crippen molar-refractivity contribution < 1.29 is 13.3 Å². The fourth-order valence-corrected chi connectivity index (χ4v) is 4.06. The van der Waals surface area contributed by atoms with E-state index in [2.05, 4.69) is 15.2 Å². The van der Waals surface area contributed by atoms with Gasteiger partial charge in [-0.15, -0.1) is 11.3 Å². The number of halogens is 1. The third-order valence-electron chi connectivity index (χ3n) is 3.47. The van der Waals surface area contributed by atoms with E-state index in [1.807, 2.05) is 17.5 Å². The molecule has 2 N–H and O–H groups in total. The fraction of sp³-hybridized carbons (Fsp3) is 0. The lowest BCUT2D eigenvalue weighted by molar-refractivity contribution is -0.384. The summed E-state index contributed by atoms with van der Waals surface area (Å²) in [6, 6.07) is 13.3. The summed E-state index contributed by atoms with van der Waals surface area (Å²) in [6.45, 7) is 0. The van der Waals surface area contributed by atoms with Crippen LogP contribution in [0.15, 0.2) is 70.0 Å². The van der Waals surface area contributed by atoms with Crippen LogP contribution in [0, 0.1) is 10.1 Å². The van der Waals surface area contributed by atoms with Crippen LogP contribution in [0.3, 0.4) is 0 Å². The summed E-state index contributed by atoms with van der Waals surface area (Å²) >= 11 is 7.30. The van der Waals surface area contributed by atoms with E-state index in [1.165, 1.54) is 41.8 Å². The predicted molar refractivity (Wildman–Crippen MR) is 111 cm³/mol. The van der Waals surface area contributed by atoms with Crippen LogP contribution in [0.25, 0.3) is 0 Å². The quantitative estimate of drug-likeness (QED) is 0.320. The zero-order valence-corrected chi connectivity index (χ0v) is 16.5. The maximum Gasteiger partial charge on any atom is 0.295 e. The summed E-state index contributed by atoms with van der Waals surface area (Å²) in [5.74, 6) is 0. The second kappa shape index (κ2) is 8.38. The van der Waals surface area contributed by atoms with Gasteiger partial charge in [0.25, 0.3) is 15.7 Å². The van der Waals surface area contributed by atoms with E-state index in [0.29, 0.717) is 5.02 Å². The van der Waals surface area contributed by atoms with Crippen molar-refractivity contribution >= 4 is 56.2 Å². The Bertz CT molecular complexity index is 1130. The Morgan fingerprint density at radius 3 is 2.64 bits per heavy atom. The molecule has 1 heterocycles. The second-order valence-corrected chi connectivity index (χ2v) is 8.54. The average Bonchev–Trinajstić information content (AvgIpc) is 3.14. The number of nitrogens with one attached hydrogen (secondary N) is 2. The first-order valence-electron chi connectivity index (χ1n) is 7.74. The zero-order valence-electron chi connectivity index (χ0n) is 14.1. The van der Waals surface area contributed by atoms with Gasteiger partial charge in [0.2, 0.25) is 0 Å². The number of benzene rings is 2. The molecule has 0 radical (unpaired) electrons. The molecule has 0 bridgehead atoms. The van der Waals surface area contributed by atoms with Gasteiger partial charge < -0.3 is 0 Å². The van der Waals surface area contributed by atoms with E-state index in [-0.39, 0.29) is 16.3 Å². The molecule has 3 aromatic rings. The Kier molecular flexibility index (Phi) is 5.93. The van der Waals surface area contributed by atoms with Crippen molar-refractivity contribution in [2.75, 3.05) is 10.1 Å². The number of rotatable bonds is 7. The molecule has 8 nitrogen and oxygen atoms in total. The highest BCUT2D eigenvalue weighted by atomic mass is 35.5. The van der Waals surface area contributed by atoms with Crippen LogP contribution in [0.4, 0.5) is 17.1 Å². The largest absolute Gasteiger partial charge is 0.295 e. The van der Waals surface area contributed by atoms with E-state index < -0.39 is 20.6 Å². The number of nitro benzene ring substituents is 1. The summed E-state index contributed by atoms with van der Waals surface area (Å²) < 4.78 is 27.4. The van der Waals surface area contributed by atoms with Gasteiger partial charge in [0.1, 0.15) is 5.69 Å². The standard InChI is InChI=1S/C17H13ClN4O4S2/c18-12-3-1-4-13(9-12)21-28(25,26)15-6-7-16(17(10-15)22(23)24)20-19-11-14-5-2-8-27-14/h1-11,20-21H. The lowest BCUT2D eigenvalue weighted by Gasteiger charge is -2.09. The van der Waals surface area contributed by atoms with E-state index in [4.69, 9.17) is 11.6 Å². The van der Waals surface area contributed by atoms with Crippen LogP contribution in [0.1, 0.15) is 4.88 Å². The zero-order chi connectivity index (χ0) is 20.1. The molecule has 0 unspecified atom stereocenters. The Morgan fingerprint density at radius 1 is 1.14 bits per heavy atom. The SMILES string of the molecule is O=[N+]([O-])c1cc(S(=O)(=O)Nc2cccc(Cl)c2)ccc1NN=Cc1cccs1. The van der Waals surface area contributed by atoms with Gasteiger partial charge >= 0.3 is 0 Å². The number of hydrogen-bond donors (Lipinski definition) is 2. The van der Waals surface area contributed by atoms with Crippen molar-refractivity contribution in [2.45, 2.75) is 4.90 Å². The van der Waals surface area contributed by atoms with Gasteiger partial charge in [0.15, 0.2) is 0 Å². The van der Waals surface area contributed by atoms with Crippen LogP contribution >= 0.6 is 22.9 Å². The summed E-state index contributed by atoms with van der Waals surface area (Å²) in [6.07, 6.45) is 1.51. The Morgan fingerprint density at radius 2 is 1.96 bits per heavy atom. The van der Waals surface area contributed by atoms with Crippen LogP contribution in [-0.2, 0) is 10.0 Å². The third kappa shape index (κ3) is 4.85. The first-order valence-corrected chi connectivity index (χ1v) is 10.5. The van der Waals surface area contributed by atoms with Crippen LogP contribution in [0.5, 0.6) is 0 Å². The molecule has 0 amide bonds. The molecule has 0 saturated carbocycles. The average molecular weight is 437 g/mol. The third-order valence-corrected chi connectivity index (χ3v) is 5.89. The van der Waals surface area contributed by atoms with Gasteiger partial charge in [-0.25, -0.2) is 8.42 Å². The lowest BCUT2D eigenvalue weighted by atomic mass is 10.3. The summed E-state index contributed by atoms with van der Waals surface area (Å²) in [5.41, 5.74) is 2.47. The molecule has 0 aliphatic rings. The Hall–Kier alpha value is -2.95. The van der Waals surface area contributed by atoms with Crippen molar-refractivity contribution in [3.05, 3.63) is 80.0 Å². The van der Waals surface area contributed by atoms with Crippen molar-refractivity contribution in [2.24, 2.45) is 5.10 Å². The minimum absolute atomic E-state index is 0.0690. The van der Waals surface area contributed by atoms with Crippen molar-refractivity contribution in [1.82, 2.24) is 0 Å². The Balaban J connectivity index is 1.86. The molecule has 0 aliphatic carbocycles. The summed E-state index contributed by atoms with van der Waals surface area (Å²) in [5, 5.41) is 17.6. The number of hydrazone groups is 1. The number of hydrogen-bond acceptors (Lipinski definition) is 7. The minimum Gasteiger partial charge on any atom is -0.280 e. The normalized spacial score (nSPS) is 11.5. The number of sulfonamides is 1. The smallest absolute Gasteiger partial charge is 0.280 e. The molecule has 0 spiro atoms. The molecular formula is C17H13ClN4O4S2. The van der Waals surface area contributed by atoms with Gasteiger partial charge in [-0.05, 0) is 41.8 Å². The van der Waals surface area contributed by atoms with Crippen molar-refractivity contribution in [1.29, 1.82) is 0 Å². The molecule has 144 valence electrons. The monoisotopic (exact) mass is 436 g/mol. The molecule has 0 saturated heterocycles. The predicted octanol–water partition coefficient (Wildman–Crippen LogP) is 4.56. The Labute approximate surface area is 169 Å². The molecular weight excluding hydrogens is 424 g/mol. The van der Waals surface area contributed by atoms with Gasteiger partial charge in [0.05, 0.1) is 21.7 Å². The van der Waals surface area contributed by atoms with E-state index >= 15 is 0 Å². The first-order chi connectivity index (χ1) is 13.3. The van der Waals surface area contributed by atoms with Gasteiger partial charge in [0, 0.05) is 16.0 Å². The highest BCUT2D eigenvalue weighted by Gasteiger charge is 2.21. The van der Waals surface area contributed by atoms with Crippen LogP contribution in [-0.4, -0.2) is 19.6 Å². The van der Waals surface area contributed by atoms with Crippen LogP contribution in [0.2, 0.25) is 5.02 Å². The molecule has 0 aliphatic heterocycles. The van der Waals surface area contributed by atoms with E-state index in [1.54, 1.807) is 12.1 Å². The molecule has 0 atom stereocenters. The van der Waals surface area contributed by atoms with Gasteiger partial charge in [-0.1, -0.05) is 23.7 Å².